The highest BCUT2D eigenvalue weighted by Gasteiger charge is 2.48. The molecule has 12 nitrogen and oxygen atoms in total. The van der Waals surface area contributed by atoms with Crippen LogP contribution in [0.3, 0.4) is 0 Å². The lowest BCUT2D eigenvalue weighted by atomic mass is 9.99. The van der Waals surface area contributed by atoms with Gasteiger partial charge in [0.1, 0.15) is 30.5 Å². The number of unbranched alkanes of at least 4 members (excludes halogenated alkanes) is 24. The summed E-state index contributed by atoms with van der Waals surface area (Å²) in [6, 6.07) is 0. The predicted molar refractivity (Wildman–Crippen MR) is 221 cm³/mol. The van der Waals surface area contributed by atoms with Crippen LogP contribution in [0.25, 0.3) is 0 Å². The highest BCUT2D eigenvalue weighted by atomic mass is 32.3. The normalized spacial score (nSPS) is 20.9. The lowest BCUT2D eigenvalue weighted by Gasteiger charge is -2.41. The molecule has 0 bridgehead atoms. The van der Waals surface area contributed by atoms with Crippen molar-refractivity contribution in [3.05, 3.63) is 12.2 Å². The van der Waals surface area contributed by atoms with Gasteiger partial charge in [-0.05, 0) is 38.5 Å². The molecule has 0 spiro atoms. The van der Waals surface area contributed by atoms with Gasteiger partial charge in [0.15, 0.2) is 6.29 Å². The van der Waals surface area contributed by atoms with Crippen molar-refractivity contribution in [2.24, 2.45) is 0 Å². The van der Waals surface area contributed by atoms with Gasteiger partial charge in [0.05, 0.1) is 19.8 Å². The molecule has 4 N–H and O–H groups in total. The zero-order valence-electron chi connectivity index (χ0n) is 35.2. The quantitative estimate of drug-likeness (QED) is 0.0200. The number of aliphatic hydroxyl groups is 3. The van der Waals surface area contributed by atoms with Crippen LogP contribution in [-0.4, -0.2) is 97.5 Å². The van der Waals surface area contributed by atoms with Gasteiger partial charge in [0.2, 0.25) is 0 Å². The first kappa shape index (κ1) is 52.9. The molecule has 6 unspecified atom stereocenters. The third kappa shape index (κ3) is 29.1. The Hall–Kier alpha value is -1.16. The van der Waals surface area contributed by atoms with Gasteiger partial charge in [-0.1, -0.05) is 161 Å². The van der Waals surface area contributed by atoms with E-state index in [1.54, 1.807) is 0 Å². The van der Waals surface area contributed by atoms with E-state index in [-0.39, 0.29) is 19.6 Å². The summed E-state index contributed by atoms with van der Waals surface area (Å²) < 4.78 is 59.0. The Kier molecular flexibility index (Phi) is 33.7. The number of carbonyl (C=O) groups excluding carboxylic acids is 1. The van der Waals surface area contributed by atoms with Crippen molar-refractivity contribution >= 4 is 16.4 Å². The van der Waals surface area contributed by atoms with Gasteiger partial charge in [-0.3, -0.25) is 9.35 Å². The number of hydrogen-bond acceptors (Lipinski definition) is 11. The maximum absolute atomic E-state index is 12.8. The van der Waals surface area contributed by atoms with Crippen LogP contribution >= 0.6 is 0 Å². The third-order valence-corrected chi connectivity index (χ3v) is 10.9. The number of aliphatic hydroxyl groups excluding tert-OH is 3. The van der Waals surface area contributed by atoms with E-state index in [9.17, 15) is 28.5 Å². The monoisotopic (exact) mass is 823 g/mol. The van der Waals surface area contributed by atoms with E-state index in [0.29, 0.717) is 13.0 Å². The van der Waals surface area contributed by atoms with Gasteiger partial charge in [0, 0.05) is 13.0 Å². The molecule has 1 aliphatic heterocycles. The van der Waals surface area contributed by atoms with Crippen LogP contribution in [0.1, 0.15) is 194 Å². The summed E-state index contributed by atoms with van der Waals surface area (Å²) in [5.41, 5.74) is 0. The second-order valence-corrected chi connectivity index (χ2v) is 16.7. The molecule has 0 aromatic heterocycles. The molecule has 1 saturated heterocycles. The summed E-state index contributed by atoms with van der Waals surface area (Å²) in [5.74, 6) is -0.399. The molecule has 1 aliphatic rings. The molecule has 332 valence electrons. The van der Waals surface area contributed by atoms with Gasteiger partial charge >= 0.3 is 16.4 Å². The molecule has 13 heteroatoms. The zero-order chi connectivity index (χ0) is 41.1. The van der Waals surface area contributed by atoms with Crippen molar-refractivity contribution in [3.63, 3.8) is 0 Å². The van der Waals surface area contributed by atoms with Crippen LogP contribution in [-0.2, 0) is 38.3 Å². The summed E-state index contributed by atoms with van der Waals surface area (Å²) in [7, 11) is -5.06. The van der Waals surface area contributed by atoms with Crippen LogP contribution < -0.4 is 0 Å². The van der Waals surface area contributed by atoms with Crippen molar-refractivity contribution in [3.8, 4) is 0 Å². The predicted octanol–water partition coefficient (Wildman–Crippen LogP) is 9.08. The standard InChI is InChI=1S/C43H82O12S/c1-3-5-7-9-11-13-15-16-17-18-19-20-21-23-25-27-29-31-33-51-35-37(53-39(45)32-30-28-26-24-22-14-12-10-8-6-4-2)36-52-43-41(47)42(55-56(48,49)50)40(46)38(34-44)54-43/h16-17,37-38,40-44,46-47H,3-15,18-36H2,1-2H3,(H,48,49,50)/b17-16-. The Balaban J connectivity index is 2.40. The van der Waals surface area contributed by atoms with Gasteiger partial charge < -0.3 is 34.3 Å². The number of ether oxygens (including phenoxy) is 4. The fraction of sp³-hybridized carbons (Fsp3) is 0.930. The number of esters is 1. The molecule has 1 fully saturated rings. The van der Waals surface area contributed by atoms with Crippen molar-refractivity contribution in [1.29, 1.82) is 0 Å². The molecule has 0 amide bonds. The van der Waals surface area contributed by atoms with E-state index in [2.05, 4.69) is 30.2 Å². The lowest BCUT2D eigenvalue weighted by Crippen LogP contribution is -2.60. The average Bonchev–Trinajstić information content (AvgIpc) is 3.17. The molecule has 56 heavy (non-hydrogen) atoms. The molecule has 1 heterocycles. The van der Waals surface area contributed by atoms with E-state index in [1.165, 1.54) is 128 Å². The number of hydrogen-bond donors (Lipinski definition) is 4. The minimum Gasteiger partial charge on any atom is -0.457 e. The Morgan fingerprint density at radius 3 is 1.61 bits per heavy atom. The summed E-state index contributed by atoms with van der Waals surface area (Å²) in [6.45, 7) is 3.98. The van der Waals surface area contributed by atoms with Gasteiger partial charge in [-0.15, -0.1) is 0 Å². The summed E-state index contributed by atoms with van der Waals surface area (Å²) >= 11 is 0. The molecular weight excluding hydrogens is 741 g/mol. The number of rotatable bonds is 39. The van der Waals surface area contributed by atoms with Crippen molar-refractivity contribution in [1.82, 2.24) is 0 Å². The minimum absolute atomic E-state index is 0.0389. The van der Waals surface area contributed by atoms with E-state index in [1.807, 2.05) is 0 Å². The van der Waals surface area contributed by atoms with Crippen molar-refractivity contribution in [2.75, 3.05) is 26.4 Å². The summed E-state index contributed by atoms with van der Waals surface area (Å²) in [6.07, 6.45) is 28.2. The molecule has 0 radical (unpaired) electrons. The Morgan fingerprint density at radius 1 is 0.661 bits per heavy atom. The minimum atomic E-state index is -5.06. The first-order valence-corrected chi connectivity index (χ1v) is 23.8. The first-order chi connectivity index (χ1) is 27.1. The maximum atomic E-state index is 12.8. The summed E-state index contributed by atoms with van der Waals surface area (Å²) in [5, 5.41) is 30.6. The molecule has 0 saturated carbocycles. The lowest BCUT2D eigenvalue weighted by molar-refractivity contribution is -0.301. The second kappa shape index (κ2) is 35.8. The molecule has 1 rings (SSSR count). The number of allylic oxidation sites excluding steroid dienone is 2. The van der Waals surface area contributed by atoms with Crippen LogP contribution in [0.5, 0.6) is 0 Å². The summed E-state index contributed by atoms with van der Waals surface area (Å²) in [4.78, 5) is 12.8. The number of carbonyl (C=O) groups is 1. The molecule has 0 aromatic rings. The Morgan fingerprint density at radius 2 is 1.12 bits per heavy atom. The third-order valence-electron chi connectivity index (χ3n) is 10.4. The zero-order valence-corrected chi connectivity index (χ0v) is 36.0. The second-order valence-electron chi connectivity index (χ2n) is 15.6. The van der Waals surface area contributed by atoms with Crippen molar-refractivity contribution in [2.45, 2.75) is 230 Å². The van der Waals surface area contributed by atoms with Crippen molar-refractivity contribution < 1.29 is 56.2 Å². The van der Waals surface area contributed by atoms with E-state index in [4.69, 9.17) is 23.5 Å². The fourth-order valence-corrected chi connectivity index (χ4v) is 7.47. The maximum Gasteiger partial charge on any atom is 0.397 e. The Bertz CT molecular complexity index is 1040. The topological polar surface area (TPSA) is 178 Å². The van der Waals surface area contributed by atoms with Gasteiger partial charge in [-0.2, -0.15) is 8.42 Å². The van der Waals surface area contributed by atoms with E-state index >= 15 is 0 Å². The highest BCUT2D eigenvalue weighted by Crippen LogP contribution is 2.26. The van der Waals surface area contributed by atoms with Crippen LogP contribution in [0.4, 0.5) is 0 Å². The molecule has 0 aromatic carbocycles. The molecule has 0 aliphatic carbocycles. The smallest absolute Gasteiger partial charge is 0.397 e. The van der Waals surface area contributed by atoms with Crippen LogP contribution in [0.2, 0.25) is 0 Å². The highest BCUT2D eigenvalue weighted by molar-refractivity contribution is 7.80. The average molecular weight is 823 g/mol. The van der Waals surface area contributed by atoms with E-state index < -0.39 is 59.8 Å². The van der Waals surface area contributed by atoms with E-state index in [0.717, 1.165) is 38.5 Å². The Labute approximate surface area is 340 Å². The van der Waals surface area contributed by atoms with Crippen LogP contribution in [0.15, 0.2) is 12.2 Å². The first-order valence-electron chi connectivity index (χ1n) is 22.4. The SMILES string of the molecule is CCCCCCCC/C=C\CCCCCCCCCCOCC(COC1OC(CO)C(O)C(OS(=O)(=O)O)C1O)OC(=O)CCCCCCCCCCCCC. The van der Waals surface area contributed by atoms with Gasteiger partial charge in [0.25, 0.3) is 0 Å². The molecular formula is C43H82O12S. The fourth-order valence-electron chi connectivity index (χ4n) is 6.96. The van der Waals surface area contributed by atoms with Crippen LogP contribution in [0, 0.1) is 0 Å². The van der Waals surface area contributed by atoms with Gasteiger partial charge in [-0.25, -0.2) is 4.18 Å². The molecule has 6 atom stereocenters. The largest absolute Gasteiger partial charge is 0.457 e.